The van der Waals surface area contributed by atoms with E-state index in [1.807, 2.05) is 37.3 Å². The second-order valence-electron chi connectivity index (χ2n) is 7.03. The van der Waals surface area contributed by atoms with Crippen LogP contribution in [0.15, 0.2) is 70.7 Å². The minimum atomic E-state index is -0.513. The number of halogens is 2. The topological polar surface area (TPSA) is 80.6 Å². The number of benzene rings is 3. The molecule has 34 heavy (non-hydrogen) atoms. The first-order chi connectivity index (χ1) is 16.4. The predicted molar refractivity (Wildman–Crippen MR) is 144 cm³/mol. The summed E-state index contributed by atoms with van der Waals surface area (Å²) in [6.45, 7) is 2.83. The van der Waals surface area contributed by atoms with Gasteiger partial charge in [0.25, 0.3) is 5.91 Å². The highest BCUT2D eigenvalue weighted by molar-refractivity contribution is 14.1. The minimum absolute atomic E-state index is 0.0459. The van der Waals surface area contributed by atoms with Crippen molar-refractivity contribution < 1.29 is 19.0 Å². The molecular formula is C26H22BrIN2O4. The predicted octanol–water partition coefficient (Wildman–Crippen LogP) is 6.59. The van der Waals surface area contributed by atoms with Crippen molar-refractivity contribution in [2.45, 2.75) is 13.5 Å². The van der Waals surface area contributed by atoms with Crippen LogP contribution in [0.5, 0.6) is 17.2 Å². The maximum atomic E-state index is 12.6. The van der Waals surface area contributed by atoms with Gasteiger partial charge in [0.2, 0.25) is 0 Å². The summed E-state index contributed by atoms with van der Waals surface area (Å²) < 4.78 is 18.7. The summed E-state index contributed by atoms with van der Waals surface area (Å²) in [6, 6.07) is 20.4. The van der Waals surface area contributed by atoms with Crippen LogP contribution in [0.25, 0.3) is 6.08 Å². The second-order valence-corrected chi connectivity index (χ2v) is 9.13. The molecule has 0 aromatic heterocycles. The smallest absolute Gasteiger partial charge is 0.266 e. The summed E-state index contributed by atoms with van der Waals surface area (Å²) in [7, 11) is 1.54. The van der Waals surface area contributed by atoms with Crippen LogP contribution in [0.2, 0.25) is 0 Å². The van der Waals surface area contributed by atoms with E-state index in [1.54, 1.807) is 36.4 Å². The largest absolute Gasteiger partial charge is 0.494 e. The van der Waals surface area contributed by atoms with Crippen LogP contribution in [0.4, 0.5) is 5.69 Å². The molecule has 0 aliphatic rings. The highest BCUT2D eigenvalue weighted by atomic mass is 127. The molecule has 3 aromatic carbocycles. The standard InChI is InChI=1S/C26H22BrIN2O4/c1-3-33-22-10-8-21(9-11-22)30-26(31)19(15-29)12-18-13-23(27)25(24(14-18)32-2)34-16-17-4-6-20(28)7-5-17/h4-14H,3,16H2,1-2H3,(H,30,31)/b19-12-. The lowest BCUT2D eigenvalue weighted by molar-refractivity contribution is -0.112. The van der Waals surface area contributed by atoms with E-state index in [9.17, 15) is 10.1 Å². The lowest BCUT2D eigenvalue weighted by Crippen LogP contribution is -2.13. The van der Waals surface area contributed by atoms with Gasteiger partial charge in [-0.2, -0.15) is 5.26 Å². The first-order valence-corrected chi connectivity index (χ1v) is 12.2. The van der Waals surface area contributed by atoms with Crippen LogP contribution in [0.1, 0.15) is 18.1 Å². The van der Waals surface area contributed by atoms with E-state index < -0.39 is 5.91 Å². The number of nitrogens with zero attached hydrogens (tertiary/aromatic N) is 1. The lowest BCUT2D eigenvalue weighted by atomic mass is 10.1. The van der Waals surface area contributed by atoms with Crippen molar-refractivity contribution in [1.29, 1.82) is 5.26 Å². The molecule has 0 aliphatic carbocycles. The molecule has 3 rings (SSSR count). The number of rotatable bonds is 9. The van der Waals surface area contributed by atoms with Crippen LogP contribution in [-0.2, 0) is 11.4 Å². The quantitative estimate of drug-likeness (QED) is 0.164. The van der Waals surface area contributed by atoms with E-state index in [2.05, 4.69) is 43.8 Å². The molecule has 0 bridgehead atoms. The van der Waals surface area contributed by atoms with Crippen LogP contribution in [0, 0.1) is 14.9 Å². The molecule has 174 valence electrons. The number of carbonyl (C=O) groups excluding carboxylic acids is 1. The Hall–Kier alpha value is -3.03. The van der Waals surface area contributed by atoms with E-state index in [4.69, 9.17) is 14.2 Å². The van der Waals surface area contributed by atoms with Gasteiger partial charge < -0.3 is 19.5 Å². The molecule has 1 N–H and O–H groups in total. The van der Waals surface area contributed by atoms with Gasteiger partial charge >= 0.3 is 0 Å². The Bertz CT molecular complexity index is 1220. The Morgan fingerprint density at radius 3 is 2.44 bits per heavy atom. The number of ether oxygens (including phenoxy) is 3. The highest BCUT2D eigenvalue weighted by Gasteiger charge is 2.14. The minimum Gasteiger partial charge on any atom is -0.494 e. The number of hydrogen-bond acceptors (Lipinski definition) is 5. The normalized spacial score (nSPS) is 10.9. The summed E-state index contributed by atoms with van der Waals surface area (Å²) >= 11 is 5.77. The number of methoxy groups -OCH3 is 1. The average molecular weight is 633 g/mol. The monoisotopic (exact) mass is 632 g/mol. The molecule has 8 heteroatoms. The Balaban J connectivity index is 1.77. The SMILES string of the molecule is CCOc1ccc(NC(=O)/C(C#N)=C\c2cc(Br)c(OCc3ccc(I)cc3)c(OC)c2)cc1. The number of nitrogens with one attached hydrogen (secondary N) is 1. The molecule has 0 saturated heterocycles. The first-order valence-electron chi connectivity index (χ1n) is 10.3. The number of hydrogen-bond donors (Lipinski definition) is 1. The van der Waals surface area contributed by atoms with Crippen LogP contribution >= 0.6 is 38.5 Å². The van der Waals surface area contributed by atoms with Crippen molar-refractivity contribution >= 4 is 56.2 Å². The second kappa shape index (κ2) is 12.4. The van der Waals surface area contributed by atoms with Crippen LogP contribution in [-0.4, -0.2) is 19.6 Å². The van der Waals surface area contributed by atoms with Gasteiger partial charge in [0.05, 0.1) is 18.2 Å². The van der Waals surface area contributed by atoms with Crippen molar-refractivity contribution in [2.24, 2.45) is 0 Å². The van der Waals surface area contributed by atoms with E-state index in [1.165, 1.54) is 13.2 Å². The lowest BCUT2D eigenvalue weighted by Gasteiger charge is -2.14. The van der Waals surface area contributed by atoms with Gasteiger partial charge in [-0.15, -0.1) is 0 Å². The van der Waals surface area contributed by atoms with E-state index in [0.717, 1.165) is 9.13 Å². The zero-order valence-corrected chi connectivity index (χ0v) is 22.3. The highest BCUT2D eigenvalue weighted by Crippen LogP contribution is 2.38. The van der Waals surface area contributed by atoms with Crippen molar-refractivity contribution in [3.05, 3.63) is 85.4 Å². The molecule has 0 saturated carbocycles. The molecule has 6 nitrogen and oxygen atoms in total. The molecule has 0 fully saturated rings. The zero-order chi connectivity index (χ0) is 24.5. The number of amides is 1. The Kier molecular flexibility index (Phi) is 9.36. The summed E-state index contributed by atoms with van der Waals surface area (Å²) in [5.74, 6) is 1.21. The number of nitriles is 1. The fraction of sp³-hybridized carbons (Fsp3) is 0.154. The molecular weight excluding hydrogens is 611 g/mol. The number of carbonyl (C=O) groups is 1. The van der Waals surface area contributed by atoms with Gasteiger partial charge in [0, 0.05) is 9.26 Å². The molecule has 0 atom stereocenters. The molecule has 3 aromatic rings. The zero-order valence-electron chi connectivity index (χ0n) is 18.6. The van der Waals surface area contributed by atoms with Gasteiger partial charge in [0.15, 0.2) is 11.5 Å². The van der Waals surface area contributed by atoms with E-state index in [-0.39, 0.29) is 5.57 Å². The fourth-order valence-electron chi connectivity index (χ4n) is 3.01. The van der Waals surface area contributed by atoms with Crippen LogP contribution in [0.3, 0.4) is 0 Å². The summed E-state index contributed by atoms with van der Waals surface area (Å²) in [5.41, 5.74) is 2.16. The van der Waals surface area contributed by atoms with Gasteiger partial charge in [-0.25, -0.2) is 0 Å². The maximum absolute atomic E-state index is 12.6. The molecule has 0 spiro atoms. The fourth-order valence-corrected chi connectivity index (χ4v) is 3.95. The third kappa shape index (κ3) is 6.98. The summed E-state index contributed by atoms with van der Waals surface area (Å²) in [6.07, 6.45) is 1.50. The molecule has 0 radical (unpaired) electrons. The molecule has 0 aliphatic heterocycles. The average Bonchev–Trinajstić information content (AvgIpc) is 2.84. The summed E-state index contributed by atoms with van der Waals surface area (Å²) in [5, 5.41) is 12.3. The Labute approximate surface area is 220 Å². The van der Waals surface area contributed by atoms with Crippen molar-refractivity contribution in [1.82, 2.24) is 0 Å². The summed E-state index contributed by atoms with van der Waals surface area (Å²) in [4.78, 5) is 12.6. The number of anilines is 1. The molecule has 0 heterocycles. The van der Waals surface area contributed by atoms with Crippen molar-refractivity contribution in [3.63, 3.8) is 0 Å². The van der Waals surface area contributed by atoms with Gasteiger partial charge in [-0.3, -0.25) is 4.79 Å². The molecule has 0 unspecified atom stereocenters. The van der Waals surface area contributed by atoms with Crippen molar-refractivity contribution in [3.8, 4) is 23.3 Å². The molecule has 1 amide bonds. The first kappa shape index (κ1) is 25.6. The Morgan fingerprint density at radius 1 is 1.12 bits per heavy atom. The van der Waals surface area contributed by atoms with Crippen molar-refractivity contribution in [2.75, 3.05) is 19.0 Å². The van der Waals surface area contributed by atoms with Gasteiger partial charge in [-0.05, 0) is 111 Å². The third-order valence-corrected chi connectivity index (χ3v) is 5.96. The third-order valence-electron chi connectivity index (χ3n) is 4.65. The van der Waals surface area contributed by atoms with Gasteiger partial charge in [0.1, 0.15) is 24.0 Å². The maximum Gasteiger partial charge on any atom is 0.266 e. The Morgan fingerprint density at radius 2 is 1.82 bits per heavy atom. The van der Waals surface area contributed by atoms with Crippen LogP contribution < -0.4 is 19.5 Å². The van der Waals surface area contributed by atoms with E-state index >= 15 is 0 Å². The van der Waals surface area contributed by atoms with Gasteiger partial charge in [-0.1, -0.05) is 12.1 Å². The van der Waals surface area contributed by atoms with E-state index in [0.29, 0.717) is 46.2 Å².